The van der Waals surface area contributed by atoms with E-state index in [-0.39, 0.29) is 11.8 Å². The van der Waals surface area contributed by atoms with Crippen molar-refractivity contribution in [2.45, 2.75) is 32.6 Å². The third-order valence-corrected chi connectivity index (χ3v) is 6.23. The Balaban J connectivity index is 1.52. The Bertz CT molecular complexity index is 1030. The van der Waals surface area contributed by atoms with Gasteiger partial charge in [0.15, 0.2) is 0 Å². The standard InChI is InChI=1S/C26H32N6O/c1-3-31(4-2)19-25(33)32-16-12-21(13-17-32)26-29-23(20-10-14-27-15-11-20)18-24(30-26)28-22-8-6-5-7-9-22/h5-11,14-15,18,21H,3-4,12-13,16-17,19H2,1-2H3,(H,28,29,30). The molecule has 172 valence electrons. The van der Waals surface area contributed by atoms with E-state index in [0.717, 1.165) is 67.6 Å². The molecule has 0 saturated carbocycles. The van der Waals surface area contributed by atoms with Gasteiger partial charge in [-0.15, -0.1) is 0 Å². The van der Waals surface area contributed by atoms with Crippen molar-refractivity contribution >= 4 is 17.4 Å². The molecule has 3 aromatic rings. The molecule has 3 heterocycles. The molecular formula is C26H32N6O. The lowest BCUT2D eigenvalue weighted by Crippen LogP contribution is -2.44. The van der Waals surface area contributed by atoms with Crippen molar-refractivity contribution < 1.29 is 4.79 Å². The second-order valence-electron chi connectivity index (χ2n) is 8.34. The number of carbonyl (C=O) groups excluding carboxylic acids is 1. The maximum atomic E-state index is 12.7. The summed E-state index contributed by atoms with van der Waals surface area (Å²) in [4.78, 5) is 30.8. The molecule has 0 unspecified atom stereocenters. The van der Waals surface area contributed by atoms with Gasteiger partial charge in [-0.3, -0.25) is 14.7 Å². The predicted octanol–water partition coefficient (Wildman–Crippen LogP) is 4.33. The topological polar surface area (TPSA) is 74.2 Å². The summed E-state index contributed by atoms with van der Waals surface area (Å²) in [7, 11) is 0. The van der Waals surface area contributed by atoms with E-state index >= 15 is 0 Å². The van der Waals surface area contributed by atoms with Crippen LogP contribution in [0, 0.1) is 0 Å². The highest BCUT2D eigenvalue weighted by Crippen LogP contribution is 2.30. The number of piperidine rings is 1. The number of nitrogens with zero attached hydrogens (tertiary/aromatic N) is 5. The predicted molar refractivity (Wildman–Crippen MR) is 131 cm³/mol. The van der Waals surface area contributed by atoms with E-state index in [4.69, 9.17) is 9.97 Å². The van der Waals surface area contributed by atoms with Crippen molar-refractivity contribution in [3.63, 3.8) is 0 Å². The van der Waals surface area contributed by atoms with Gasteiger partial charge in [0.05, 0.1) is 12.2 Å². The van der Waals surface area contributed by atoms with Crippen LogP contribution in [-0.2, 0) is 4.79 Å². The first kappa shape index (κ1) is 22.9. The molecule has 0 bridgehead atoms. The van der Waals surface area contributed by atoms with Crippen LogP contribution in [0.2, 0.25) is 0 Å². The van der Waals surface area contributed by atoms with Gasteiger partial charge >= 0.3 is 0 Å². The Morgan fingerprint density at radius 3 is 2.39 bits per heavy atom. The summed E-state index contributed by atoms with van der Waals surface area (Å²) in [6.45, 7) is 7.96. The van der Waals surface area contributed by atoms with Crippen molar-refractivity contribution in [2.75, 3.05) is 38.0 Å². The van der Waals surface area contributed by atoms with Gasteiger partial charge < -0.3 is 10.2 Å². The number of likely N-dealkylation sites (tertiary alicyclic amines) is 1. The highest BCUT2D eigenvalue weighted by atomic mass is 16.2. The van der Waals surface area contributed by atoms with Crippen LogP contribution in [0.4, 0.5) is 11.5 Å². The summed E-state index contributed by atoms with van der Waals surface area (Å²) >= 11 is 0. The third kappa shape index (κ3) is 5.93. The summed E-state index contributed by atoms with van der Waals surface area (Å²) in [6, 6.07) is 15.9. The maximum absolute atomic E-state index is 12.7. The molecule has 0 spiro atoms. The largest absolute Gasteiger partial charge is 0.342 e. The number of rotatable bonds is 8. The van der Waals surface area contributed by atoms with Gasteiger partial charge in [-0.05, 0) is 50.2 Å². The minimum Gasteiger partial charge on any atom is -0.342 e. The molecule has 1 aliphatic heterocycles. The SMILES string of the molecule is CCN(CC)CC(=O)N1CCC(c2nc(Nc3ccccc3)cc(-c3ccncc3)n2)CC1. The number of hydrogen-bond donors (Lipinski definition) is 1. The minimum atomic E-state index is 0.218. The molecule has 7 heteroatoms. The molecule has 1 aromatic carbocycles. The molecule has 33 heavy (non-hydrogen) atoms. The van der Waals surface area contributed by atoms with Crippen molar-refractivity contribution in [2.24, 2.45) is 0 Å². The Kier molecular flexibility index (Phi) is 7.62. The fourth-order valence-corrected chi connectivity index (χ4v) is 4.18. The zero-order valence-electron chi connectivity index (χ0n) is 19.4. The fraction of sp³-hybridized carbons (Fsp3) is 0.385. The zero-order chi connectivity index (χ0) is 23.0. The summed E-state index contributed by atoms with van der Waals surface area (Å²) < 4.78 is 0. The first-order chi connectivity index (χ1) is 16.2. The van der Waals surface area contributed by atoms with Crippen LogP contribution in [0.25, 0.3) is 11.3 Å². The van der Waals surface area contributed by atoms with Crippen LogP contribution in [0.3, 0.4) is 0 Å². The number of benzene rings is 1. The van der Waals surface area contributed by atoms with Crippen molar-refractivity contribution in [3.8, 4) is 11.3 Å². The van der Waals surface area contributed by atoms with Gasteiger partial charge in [0.25, 0.3) is 0 Å². The van der Waals surface area contributed by atoms with Gasteiger partial charge in [0.1, 0.15) is 11.6 Å². The molecule has 0 aliphatic carbocycles. The van der Waals surface area contributed by atoms with Crippen molar-refractivity contribution in [1.82, 2.24) is 24.8 Å². The van der Waals surface area contributed by atoms with Gasteiger partial charge in [-0.1, -0.05) is 32.0 Å². The van der Waals surface area contributed by atoms with Crippen LogP contribution >= 0.6 is 0 Å². The van der Waals surface area contributed by atoms with Crippen LogP contribution in [0.1, 0.15) is 38.4 Å². The average Bonchev–Trinajstić information content (AvgIpc) is 2.88. The number of anilines is 2. The Labute approximate surface area is 195 Å². The monoisotopic (exact) mass is 444 g/mol. The number of para-hydroxylation sites is 1. The molecule has 1 saturated heterocycles. The number of nitrogens with one attached hydrogen (secondary N) is 1. The Morgan fingerprint density at radius 2 is 1.73 bits per heavy atom. The summed E-state index contributed by atoms with van der Waals surface area (Å²) in [5.74, 6) is 2.05. The summed E-state index contributed by atoms with van der Waals surface area (Å²) in [6.07, 6.45) is 5.30. The molecule has 1 aliphatic rings. The van der Waals surface area contributed by atoms with E-state index in [0.29, 0.717) is 6.54 Å². The molecule has 1 fully saturated rings. The highest BCUT2D eigenvalue weighted by Gasteiger charge is 2.26. The number of pyridine rings is 1. The minimum absolute atomic E-state index is 0.218. The van der Waals surface area contributed by atoms with Crippen molar-refractivity contribution in [1.29, 1.82) is 0 Å². The smallest absolute Gasteiger partial charge is 0.236 e. The highest BCUT2D eigenvalue weighted by molar-refractivity contribution is 5.78. The number of aromatic nitrogens is 3. The van der Waals surface area contributed by atoms with Crippen molar-refractivity contribution in [3.05, 3.63) is 66.7 Å². The van der Waals surface area contributed by atoms with E-state index in [2.05, 4.69) is 29.0 Å². The van der Waals surface area contributed by atoms with E-state index in [1.54, 1.807) is 12.4 Å². The maximum Gasteiger partial charge on any atom is 0.236 e. The molecule has 0 atom stereocenters. The lowest BCUT2D eigenvalue weighted by molar-refractivity contribution is -0.133. The number of carbonyl (C=O) groups is 1. The first-order valence-corrected chi connectivity index (χ1v) is 11.8. The lowest BCUT2D eigenvalue weighted by atomic mass is 9.95. The van der Waals surface area contributed by atoms with Crippen LogP contribution in [0.5, 0.6) is 0 Å². The molecular weight excluding hydrogens is 412 g/mol. The first-order valence-electron chi connectivity index (χ1n) is 11.8. The number of likely N-dealkylation sites (N-methyl/N-ethyl adjacent to an activating group) is 1. The molecule has 0 radical (unpaired) electrons. The van der Waals surface area contributed by atoms with E-state index < -0.39 is 0 Å². The van der Waals surface area contributed by atoms with Crippen LogP contribution in [0.15, 0.2) is 60.9 Å². The van der Waals surface area contributed by atoms with Gasteiger partial charge in [0, 0.05) is 48.7 Å². The summed E-state index contributed by atoms with van der Waals surface area (Å²) in [5.41, 5.74) is 2.87. The lowest BCUT2D eigenvalue weighted by Gasteiger charge is -2.33. The molecule has 7 nitrogen and oxygen atoms in total. The Morgan fingerprint density at radius 1 is 1.03 bits per heavy atom. The molecule has 1 amide bonds. The normalized spacial score (nSPS) is 14.5. The Hall–Kier alpha value is -3.32. The summed E-state index contributed by atoms with van der Waals surface area (Å²) in [5, 5.41) is 3.42. The second kappa shape index (κ2) is 11.0. The zero-order valence-corrected chi connectivity index (χ0v) is 19.4. The van der Waals surface area contributed by atoms with Crippen LogP contribution < -0.4 is 5.32 Å². The molecule has 1 N–H and O–H groups in total. The molecule has 4 rings (SSSR count). The van der Waals surface area contributed by atoms with E-state index in [1.807, 2.05) is 53.4 Å². The van der Waals surface area contributed by atoms with E-state index in [1.165, 1.54) is 0 Å². The van der Waals surface area contributed by atoms with Gasteiger partial charge in [0.2, 0.25) is 5.91 Å². The molecule has 2 aromatic heterocycles. The average molecular weight is 445 g/mol. The quantitative estimate of drug-likeness (QED) is 0.557. The van der Waals surface area contributed by atoms with Gasteiger partial charge in [-0.25, -0.2) is 9.97 Å². The fourth-order valence-electron chi connectivity index (χ4n) is 4.18. The van der Waals surface area contributed by atoms with Crippen LogP contribution in [-0.4, -0.2) is 63.4 Å². The second-order valence-corrected chi connectivity index (χ2v) is 8.34. The van der Waals surface area contributed by atoms with Gasteiger partial charge in [-0.2, -0.15) is 0 Å². The third-order valence-electron chi connectivity index (χ3n) is 6.23. The van der Waals surface area contributed by atoms with E-state index in [9.17, 15) is 4.79 Å². The number of amides is 1. The number of hydrogen-bond acceptors (Lipinski definition) is 6.